The van der Waals surface area contributed by atoms with E-state index in [0.29, 0.717) is 11.5 Å². The lowest BCUT2D eigenvalue weighted by Crippen LogP contribution is -2.44. The minimum Gasteiger partial charge on any atom is -0.417 e. The molecule has 0 bridgehead atoms. The molecule has 20 heavy (non-hydrogen) atoms. The Morgan fingerprint density at radius 2 is 2.15 bits per heavy atom. The number of pyridine rings is 1. The third kappa shape index (κ3) is 8.08. The van der Waals surface area contributed by atoms with Crippen molar-refractivity contribution in [2.45, 2.75) is 39.5 Å². The molecule has 0 aliphatic rings. The van der Waals surface area contributed by atoms with E-state index >= 15 is 0 Å². The highest BCUT2D eigenvalue weighted by atomic mass is 127. The van der Waals surface area contributed by atoms with Gasteiger partial charge in [0.25, 0.3) is 0 Å². The molecule has 0 atom stereocenters. The highest BCUT2D eigenvalue weighted by molar-refractivity contribution is 14.0. The third-order valence-electron chi connectivity index (χ3n) is 1.94. The van der Waals surface area contributed by atoms with Crippen LogP contribution in [-0.4, -0.2) is 23.1 Å². The number of alkyl halides is 2. The quantitative estimate of drug-likeness (QED) is 0.463. The zero-order chi connectivity index (χ0) is 14.5. The number of nitrogens with zero attached hydrogens (tertiary/aromatic N) is 2. The highest BCUT2D eigenvalue weighted by Gasteiger charge is 2.10. The van der Waals surface area contributed by atoms with Gasteiger partial charge in [-0.15, -0.1) is 24.0 Å². The Morgan fingerprint density at radius 1 is 1.50 bits per heavy atom. The maximum atomic E-state index is 12.0. The molecular formula is C12H19F2IN4O. The van der Waals surface area contributed by atoms with Crippen molar-refractivity contribution in [1.29, 1.82) is 0 Å². The number of halogens is 3. The smallest absolute Gasteiger partial charge is 0.388 e. The maximum absolute atomic E-state index is 12.0. The number of ether oxygens (including phenoxy) is 1. The Balaban J connectivity index is 0.00000361. The summed E-state index contributed by atoms with van der Waals surface area (Å²) in [7, 11) is 0. The van der Waals surface area contributed by atoms with Crippen LogP contribution in [0, 0.1) is 0 Å². The summed E-state index contributed by atoms with van der Waals surface area (Å²) >= 11 is 0. The predicted octanol–water partition coefficient (Wildman–Crippen LogP) is 2.50. The van der Waals surface area contributed by atoms with Crippen molar-refractivity contribution in [3.8, 4) is 5.88 Å². The fourth-order valence-corrected chi connectivity index (χ4v) is 1.30. The van der Waals surface area contributed by atoms with Gasteiger partial charge in [0.2, 0.25) is 5.88 Å². The van der Waals surface area contributed by atoms with Crippen LogP contribution < -0.4 is 15.8 Å². The zero-order valence-electron chi connectivity index (χ0n) is 11.6. The summed E-state index contributed by atoms with van der Waals surface area (Å²) in [5.41, 5.74) is 6.20. The van der Waals surface area contributed by atoms with Crippen molar-refractivity contribution in [2.75, 3.05) is 0 Å². The summed E-state index contributed by atoms with van der Waals surface area (Å²) in [5, 5.41) is 3.00. The van der Waals surface area contributed by atoms with Gasteiger partial charge in [0, 0.05) is 17.8 Å². The van der Waals surface area contributed by atoms with Crippen molar-refractivity contribution >= 4 is 29.9 Å². The van der Waals surface area contributed by atoms with E-state index in [2.05, 4.69) is 20.0 Å². The van der Waals surface area contributed by atoms with E-state index in [1.807, 2.05) is 20.8 Å². The number of hydrogen-bond donors (Lipinski definition) is 2. The number of aliphatic imine (C=N–C) groups is 1. The van der Waals surface area contributed by atoms with Crippen LogP contribution in [0.4, 0.5) is 8.78 Å². The molecule has 0 saturated carbocycles. The second-order valence-corrected chi connectivity index (χ2v) is 4.96. The SMILES string of the molecule is CC(C)(C)NC(N)=NCc1ccnc(OC(F)F)c1.I. The van der Waals surface area contributed by atoms with Gasteiger partial charge in [0.05, 0.1) is 6.54 Å². The summed E-state index contributed by atoms with van der Waals surface area (Å²) < 4.78 is 28.3. The van der Waals surface area contributed by atoms with Crippen LogP contribution in [0.3, 0.4) is 0 Å². The minimum atomic E-state index is -2.89. The predicted molar refractivity (Wildman–Crippen MR) is 84.5 cm³/mol. The molecule has 0 radical (unpaired) electrons. The van der Waals surface area contributed by atoms with Crippen LogP contribution in [0.5, 0.6) is 5.88 Å². The number of hydrogen-bond acceptors (Lipinski definition) is 3. The average Bonchev–Trinajstić information content (AvgIpc) is 2.23. The molecule has 0 saturated heterocycles. The Kier molecular flexibility index (Phi) is 7.69. The van der Waals surface area contributed by atoms with Crippen LogP contribution in [0.2, 0.25) is 0 Å². The molecule has 0 aliphatic heterocycles. The van der Waals surface area contributed by atoms with Gasteiger partial charge in [-0.25, -0.2) is 9.98 Å². The molecule has 1 aromatic heterocycles. The van der Waals surface area contributed by atoms with Gasteiger partial charge in [0.15, 0.2) is 5.96 Å². The molecule has 0 unspecified atom stereocenters. The molecule has 1 aromatic rings. The van der Waals surface area contributed by atoms with Gasteiger partial charge in [-0.05, 0) is 32.4 Å². The van der Waals surface area contributed by atoms with Crippen molar-refractivity contribution in [3.05, 3.63) is 23.9 Å². The summed E-state index contributed by atoms with van der Waals surface area (Å²) in [6, 6.07) is 3.06. The highest BCUT2D eigenvalue weighted by Crippen LogP contribution is 2.12. The molecule has 0 aliphatic carbocycles. The molecule has 5 nitrogen and oxygen atoms in total. The Bertz CT molecular complexity index is 449. The Hall–Kier alpha value is -1.19. The maximum Gasteiger partial charge on any atom is 0.388 e. The summed E-state index contributed by atoms with van der Waals surface area (Å²) in [6.07, 6.45) is 1.38. The van der Waals surface area contributed by atoms with Crippen LogP contribution in [0.25, 0.3) is 0 Å². The first-order valence-corrected chi connectivity index (χ1v) is 5.74. The van der Waals surface area contributed by atoms with Crippen molar-refractivity contribution in [2.24, 2.45) is 10.7 Å². The van der Waals surface area contributed by atoms with Crippen LogP contribution >= 0.6 is 24.0 Å². The monoisotopic (exact) mass is 400 g/mol. The Morgan fingerprint density at radius 3 is 2.70 bits per heavy atom. The van der Waals surface area contributed by atoms with Gasteiger partial charge in [-0.1, -0.05) is 0 Å². The number of nitrogens with one attached hydrogen (secondary N) is 1. The second-order valence-electron chi connectivity index (χ2n) is 4.96. The first-order chi connectivity index (χ1) is 8.76. The molecular weight excluding hydrogens is 381 g/mol. The molecule has 0 spiro atoms. The molecule has 114 valence electrons. The van der Waals surface area contributed by atoms with E-state index in [9.17, 15) is 8.78 Å². The fourth-order valence-electron chi connectivity index (χ4n) is 1.30. The summed E-state index contributed by atoms with van der Waals surface area (Å²) in [4.78, 5) is 7.78. The average molecular weight is 400 g/mol. The van der Waals surface area contributed by atoms with E-state index in [4.69, 9.17) is 5.73 Å². The van der Waals surface area contributed by atoms with Gasteiger partial charge in [0.1, 0.15) is 0 Å². The first-order valence-electron chi connectivity index (χ1n) is 5.74. The molecule has 0 amide bonds. The molecule has 0 aromatic carbocycles. The lowest BCUT2D eigenvalue weighted by Gasteiger charge is -2.20. The van der Waals surface area contributed by atoms with Gasteiger partial charge >= 0.3 is 6.61 Å². The number of nitrogens with two attached hydrogens (primary N) is 1. The van der Waals surface area contributed by atoms with Crippen LogP contribution in [0.15, 0.2) is 23.3 Å². The van der Waals surface area contributed by atoms with Crippen LogP contribution in [0.1, 0.15) is 26.3 Å². The topological polar surface area (TPSA) is 72.5 Å². The second kappa shape index (κ2) is 8.18. The van der Waals surface area contributed by atoms with Crippen molar-refractivity contribution in [1.82, 2.24) is 10.3 Å². The van der Waals surface area contributed by atoms with E-state index in [0.717, 1.165) is 0 Å². The number of guanidine groups is 1. The van der Waals surface area contributed by atoms with Crippen molar-refractivity contribution < 1.29 is 13.5 Å². The molecule has 8 heteroatoms. The van der Waals surface area contributed by atoms with Gasteiger partial charge in [-0.2, -0.15) is 8.78 Å². The van der Waals surface area contributed by atoms with E-state index in [-0.39, 0.29) is 41.9 Å². The van der Waals surface area contributed by atoms with E-state index < -0.39 is 6.61 Å². The summed E-state index contributed by atoms with van der Waals surface area (Å²) in [5.74, 6) is 0.158. The standard InChI is InChI=1S/C12H18F2N4O.HI/c1-12(2,3)18-11(15)17-7-8-4-5-16-9(6-8)19-10(13)14;/h4-6,10H,7H2,1-3H3,(H3,15,17,18);1H. The zero-order valence-corrected chi connectivity index (χ0v) is 13.9. The third-order valence-corrected chi connectivity index (χ3v) is 1.94. The number of aromatic nitrogens is 1. The summed E-state index contributed by atoms with van der Waals surface area (Å²) in [6.45, 7) is 3.24. The van der Waals surface area contributed by atoms with Crippen LogP contribution in [-0.2, 0) is 6.54 Å². The number of rotatable bonds is 4. The van der Waals surface area contributed by atoms with Crippen molar-refractivity contribution in [3.63, 3.8) is 0 Å². The van der Waals surface area contributed by atoms with Gasteiger partial charge < -0.3 is 15.8 Å². The van der Waals surface area contributed by atoms with E-state index in [1.165, 1.54) is 12.3 Å². The largest absolute Gasteiger partial charge is 0.417 e. The minimum absolute atomic E-state index is 0. The lowest BCUT2D eigenvalue weighted by molar-refractivity contribution is -0.0528. The molecule has 0 fully saturated rings. The first kappa shape index (κ1) is 18.8. The van der Waals surface area contributed by atoms with Gasteiger partial charge in [-0.3, -0.25) is 0 Å². The fraction of sp³-hybridized carbons (Fsp3) is 0.500. The molecule has 3 N–H and O–H groups in total. The van der Waals surface area contributed by atoms with E-state index in [1.54, 1.807) is 6.07 Å². The normalized spacial score (nSPS) is 12.0. The lowest BCUT2D eigenvalue weighted by atomic mass is 10.1. The molecule has 1 heterocycles. The molecule has 1 rings (SSSR count). The Labute approximate surface area is 134 Å².